The molecular weight excluding hydrogens is 398 g/mol. The normalized spacial score (nSPS) is 21.7. The molecule has 7 heteroatoms. The summed E-state index contributed by atoms with van der Waals surface area (Å²) in [6, 6.07) is 13.3. The Labute approximate surface area is 185 Å². The minimum Gasteiger partial charge on any atom is -0.276 e. The van der Waals surface area contributed by atoms with E-state index in [1.54, 1.807) is 0 Å². The van der Waals surface area contributed by atoms with Gasteiger partial charge in [-0.3, -0.25) is 9.78 Å². The van der Waals surface area contributed by atoms with E-state index in [4.69, 9.17) is 10.2 Å². The third-order valence-electron chi connectivity index (χ3n) is 6.95. The Hall–Kier alpha value is -3.97. The zero-order chi connectivity index (χ0) is 21.8. The van der Waals surface area contributed by atoms with Gasteiger partial charge in [0, 0.05) is 17.3 Å². The van der Waals surface area contributed by atoms with Crippen molar-refractivity contribution >= 4 is 11.0 Å². The summed E-state index contributed by atoms with van der Waals surface area (Å²) in [6.07, 6.45) is 7.31. The van der Waals surface area contributed by atoms with Crippen LogP contribution < -0.4 is 0 Å². The number of benzene rings is 1. The largest absolute Gasteiger partial charge is 0.276 e. The van der Waals surface area contributed by atoms with E-state index >= 15 is 0 Å². The molecular formula is C25H21N7. The van der Waals surface area contributed by atoms with Crippen molar-refractivity contribution in [1.29, 1.82) is 10.5 Å². The number of aromatic amines is 1. The van der Waals surface area contributed by atoms with Crippen molar-refractivity contribution in [2.75, 3.05) is 0 Å². The topological polar surface area (TPSA) is 107 Å². The van der Waals surface area contributed by atoms with E-state index in [0.717, 1.165) is 70.4 Å². The summed E-state index contributed by atoms with van der Waals surface area (Å²) in [5.74, 6) is 0.107. The first kappa shape index (κ1) is 18.8. The third-order valence-corrected chi connectivity index (χ3v) is 6.95. The number of nitrogens with one attached hydrogen (secondary N) is 1. The SMILES string of the molecule is Cc1cc2[nH]nc(-c3cnn(C4CC(C#N)C4)c3)c2nc1-c1cccc2c1CCC2C#N. The van der Waals surface area contributed by atoms with Gasteiger partial charge >= 0.3 is 0 Å². The van der Waals surface area contributed by atoms with Gasteiger partial charge in [-0.05, 0) is 55.4 Å². The lowest BCUT2D eigenvalue weighted by molar-refractivity contribution is 0.230. The fraction of sp³-hybridized carbons (Fsp3) is 0.320. The van der Waals surface area contributed by atoms with Crippen molar-refractivity contribution < 1.29 is 0 Å². The maximum absolute atomic E-state index is 9.49. The summed E-state index contributed by atoms with van der Waals surface area (Å²) in [5, 5.41) is 30.7. The second kappa shape index (κ2) is 7.03. The molecule has 1 fully saturated rings. The highest BCUT2D eigenvalue weighted by atomic mass is 15.3. The van der Waals surface area contributed by atoms with Crippen LogP contribution in [0.3, 0.4) is 0 Å². The summed E-state index contributed by atoms with van der Waals surface area (Å²) in [4.78, 5) is 5.07. The Kier molecular flexibility index (Phi) is 4.13. The van der Waals surface area contributed by atoms with Crippen LogP contribution in [0.5, 0.6) is 0 Å². The van der Waals surface area contributed by atoms with Crippen LogP contribution in [-0.2, 0) is 6.42 Å². The van der Waals surface area contributed by atoms with Crippen molar-refractivity contribution in [2.24, 2.45) is 5.92 Å². The summed E-state index contributed by atoms with van der Waals surface area (Å²) in [6.45, 7) is 2.07. The van der Waals surface area contributed by atoms with Crippen LogP contribution in [0.2, 0.25) is 0 Å². The average molecular weight is 419 g/mol. The quantitative estimate of drug-likeness (QED) is 0.512. The highest BCUT2D eigenvalue weighted by Gasteiger charge is 2.31. The molecule has 6 rings (SSSR count). The molecule has 0 radical (unpaired) electrons. The number of hydrogen-bond donors (Lipinski definition) is 1. The van der Waals surface area contributed by atoms with Gasteiger partial charge in [0.25, 0.3) is 0 Å². The molecule has 156 valence electrons. The fourth-order valence-electron chi connectivity index (χ4n) is 5.10. The number of rotatable bonds is 3. The Bertz CT molecular complexity index is 1440. The van der Waals surface area contributed by atoms with Gasteiger partial charge in [-0.15, -0.1) is 0 Å². The van der Waals surface area contributed by atoms with Crippen molar-refractivity contribution in [3.8, 4) is 34.7 Å². The lowest BCUT2D eigenvalue weighted by Crippen LogP contribution is -2.25. The lowest BCUT2D eigenvalue weighted by Gasteiger charge is -2.30. The monoisotopic (exact) mass is 419 g/mol. The second-order valence-electron chi connectivity index (χ2n) is 8.88. The highest BCUT2D eigenvalue weighted by molar-refractivity contribution is 5.92. The molecule has 3 aromatic heterocycles. The maximum atomic E-state index is 9.49. The van der Waals surface area contributed by atoms with E-state index in [-0.39, 0.29) is 17.9 Å². The van der Waals surface area contributed by atoms with E-state index < -0.39 is 0 Å². The minimum atomic E-state index is -0.0311. The molecule has 2 aliphatic carbocycles. The minimum absolute atomic E-state index is 0.0311. The number of H-pyrrole nitrogens is 1. The number of fused-ring (bicyclic) bond motifs is 2. The molecule has 3 heterocycles. The van der Waals surface area contributed by atoms with Crippen LogP contribution in [0.4, 0.5) is 0 Å². The Morgan fingerprint density at radius 2 is 2.03 bits per heavy atom. The zero-order valence-corrected chi connectivity index (χ0v) is 17.7. The van der Waals surface area contributed by atoms with E-state index in [9.17, 15) is 5.26 Å². The van der Waals surface area contributed by atoms with Crippen LogP contribution in [0, 0.1) is 35.5 Å². The number of nitrogens with zero attached hydrogens (tertiary/aromatic N) is 6. The highest BCUT2D eigenvalue weighted by Crippen LogP contribution is 2.40. The molecule has 32 heavy (non-hydrogen) atoms. The average Bonchev–Trinajstić information content (AvgIpc) is 3.50. The molecule has 1 atom stereocenters. The van der Waals surface area contributed by atoms with E-state index in [2.05, 4.69) is 52.6 Å². The molecule has 1 aromatic carbocycles. The van der Waals surface area contributed by atoms with Crippen LogP contribution >= 0.6 is 0 Å². The Morgan fingerprint density at radius 1 is 1.16 bits per heavy atom. The molecule has 0 aliphatic heterocycles. The number of hydrogen-bond acceptors (Lipinski definition) is 5. The van der Waals surface area contributed by atoms with Gasteiger partial charge in [0.05, 0.1) is 47.4 Å². The molecule has 2 aliphatic rings. The van der Waals surface area contributed by atoms with E-state index in [1.807, 2.05) is 23.1 Å². The van der Waals surface area contributed by atoms with Gasteiger partial charge in [0.2, 0.25) is 0 Å². The predicted molar refractivity (Wildman–Crippen MR) is 119 cm³/mol. The molecule has 1 unspecified atom stereocenters. The molecule has 0 bridgehead atoms. The number of aryl methyl sites for hydroxylation is 1. The van der Waals surface area contributed by atoms with Crippen LogP contribution in [0.1, 0.15) is 47.9 Å². The third kappa shape index (κ3) is 2.75. The summed E-state index contributed by atoms with van der Waals surface area (Å²) < 4.78 is 1.95. The van der Waals surface area contributed by atoms with Crippen molar-refractivity contribution in [3.05, 3.63) is 53.3 Å². The van der Waals surface area contributed by atoms with Gasteiger partial charge < -0.3 is 0 Å². The second-order valence-corrected chi connectivity index (χ2v) is 8.88. The molecule has 0 saturated heterocycles. The summed E-state index contributed by atoms with van der Waals surface area (Å²) >= 11 is 0. The molecule has 0 amide bonds. The van der Waals surface area contributed by atoms with Crippen LogP contribution in [0.15, 0.2) is 36.7 Å². The molecule has 1 N–H and O–H groups in total. The first-order valence-corrected chi connectivity index (χ1v) is 11.0. The van der Waals surface area contributed by atoms with Gasteiger partial charge in [0.15, 0.2) is 0 Å². The van der Waals surface area contributed by atoms with Gasteiger partial charge in [0.1, 0.15) is 11.2 Å². The van der Waals surface area contributed by atoms with E-state index in [1.165, 1.54) is 5.56 Å². The van der Waals surface area contributed by atoms with Crippen molar-refractivity contribution in [2.45, 2.75) is 44.6 Å². The zero-order valence-electron chi connectivity index (χ0n) is 17.7. The Morgan fingerprint density at radius 3 is 2.84 bits per heavy atom. The van der Waals surface area contributed by atoms with Crippen molar-refractivity contribution in [1.82, 2.24) is 25.0 Å². The Balaban J connectivity index is 1.42. The predicted octanol–water partition coefficient (Wildman–Crippen LogP) is 4.82. The van der Waals surface area contributed by atoms with E-state index in [0.29, 0.717) is 0 Å². The van der Waals surface area contributed by atoms with Gasteiger partial charge in [-0.2, -0.15) is 20.7 Å². The first-order valence-electron chi connectivity index (χ1n) is 11.0. The number of pyridine rings is 1. The molecule has 1 saturated carbocycles. The molecule has 0 spiro atoms. The summed E-state index contributed by atoms with van der Waals surface area (Å²) in [5.41, 5.74) is 8.92. The smallest absolute Gasteiger partial charge is 0.122 e. The maximum Gasteiger partial charge on any atom is 0.122 e. The summed E-state index contributed by atoms with van der Waals surface area (Å²) in [7, 11) is 0. The van der Waals surface area contributed by atoms with Crippen LogP contribution in [0.25, 0.3) is 33.5 Å². The molecule has 7 nitrogen and oxygen atoms in total. The van der Waals surface area contributed by atoms with Crippen LogP contribution in [-0.4, -0.2) is 25.0 Å². The van der Waals surface area contributed by atoms with Crippen molar-refractivity contribution in [3.63, 3.8) is 0 Å². The fourth-order valence-corrected chi connectivity index (χ4v) is 5.10. The van der Waals surface area contributed by atoms with Gasteiger partial charge in [-0.1, -0.05) is 18.2 Å². The standard InChI is InChI=1S/C25H21N7/c1-14-7-22-25(29-23(14)21-4-2-3-19-16(11-27)5-6-20(19)21)24(31-30-22)17-12-28-32(13-17)18-8-15(9-18)10-26/h2-4,7,12-13,15-16,18H,5-6,8-9H2,1H3,(H,30,31). The van der Waals surface area contributed by atoms with Gasteiger partial charge in [-0.25, -0.2) is 4.98 Å². The lowest BCUT2D eigenvalue weighted by atomic mass is 9.81. The molecule has 4 aromatic rings. The number of nitriles is 2. The first-order chi connectivity index (χ1) is 15.7. The number of aromatic nitrogens is 5.